The molecule has 0 saturated carbocycles. The Bertz CT molecular complexity index is 447. The molecule has 0 radical (unpaired) electrons. The molecule has 0 aliphatic heterocycles. The predicted octanol–water partition coefficient (Wildman–Crippen LogP) is 0.480. The number of carboxylic acid groups (broad SMARTS) is 1. The van der Waals surface area contributed by atoms with Crippen LogP contribution in [0.2, 0.25) is 0 Å². The fourth-order valence-corrected chi connectivity index (χ4v) is 1.80. The maximum Gasteiger partial charge on any atom is 0.326 e. The molecule has 0 bridgehead atoms. The zero-order valence-electron chi connectivity index (χ0n) is 6.54. The summed E-state index contributed by atoms with van der Waals surface area (Å²) in [6, 6.07) is -1.01. The lowest BCUT2D eigenvalue weighted by atomic mass is 10.2. The van der Waals surface area contributed by atoms with Crippen molar-refractivity contribution in [3.63, 3.8) is 0 Å². The molecule has 6 heteroatoms. The van der Waals surface area contributed by atoms with Gasteiger partial charge in [0.25, 0.3) is 0 Å². The lowest BCUT2D eigenvalue weighted by Gasteiger charge is -2.03. The molecule has 0 amide bonds. The summed E-state index contributed by atoms with van der Waals surface area (Å²) in [6.45, 7) is 0. The molecular formula is C7H7N3O2S. The van der Waals surface area contributed by atoms with Crippen molar-refractivity contribution in [1.82, 2.24) is 9.38 Å². The number of imidazole rings is 1. The summed E-state index contributed by atoms with van der Waals surface area (Å²) < 4.78 is 1.68. The number of carbonyl (C=O) groups is 1. The standard InChI is InChI=1S/C7H7N3O2S/c8-5(6(11)12)4-3-9-7-10(4)1-2-13-7/h1-3,5H,8H2,(H,11,12). The molecule has 0 spiro atoms. The van der Waals surface area contributed by atoms with Crippen molar-refractivity contribution < 1.29 is 9.90 Å². The van der Waals surface area contributed by atoms with Crippen LogP contribution in [-0.2, 0) is 4.79 Å². The average molecular weight is 197 g/mol. The van der Waals surface area contributed by atoms with Gasteiger partial charge in [0.15, 0.2) is 4.96 Å². The van der Waals surface area contributed by atoms with Crippen LogP contribution in [0, 0.1) is 0 Å². The molecule has 0 aliphatic rings. The highest BCUT2D eigenvalue weighted by Gasteiger charge is 2.18. The van der Waals surface area contributed by atoms with Crippen LogP contribution in [-0.4, -0.2) is 20.5 Å². The van der Waals surface area contributed by atoms with Gasteiger partial charge in [-0.05, 0) is 0 Å². The van der Waals surface area contributed by atoms with Gasteiger partial charge in [0.1, 0.15) is 6.04 Å². The van der Waals surface area contributed by atoms with Gasteiger partial charge in [-0.3, -0.25) is 9.20 Å². The fourth-order valence-electron chi connectivity index (χ4n) is 1.10. The molecule has 0 saturated heterocycles. The molecule has 1 unspecified atom stereocenters. The Labute approximate surface area is 77.4 Å². The van der Waals surface area contributed by atoms with Crippen LogP contribution in [0.1, 0.15) is 11.7 Å². The van der Waals surface area contributed by atoms with E-state index in [0.717, 1.165) is 4.96 Å². The number of hydrogen-bond acceptors (Lipinski definition) is 4. The molecule has 2 aromatic heterocycles. The zero-order chi connectivity index (χ0) is 9.42. The summed E-state index contributed by atoms with van der Waals surface area (Å²) in [5.41, 5.74) is 5.96. The Balaban J connectivity index is 2.54. The molecule has 2 aromatic rings. The van der Waals surface area contributed by atoms with Crippen LogP contribution in [0.25, 0.3) is 4.96 Å². The van der Waals surface area contributed by atoms with Crippen LogP contribution in [0.15, 0.2) is 17.8 Å². The minimum Gasteiger partial charge on any atom is -0.480 e. The Morgan fingerprint density at radius 1 is 1.77 bits per heavy atom. The third-order valence-electron chi connectivity index (χ3n) is 1.76. The number of rotatable bonds is 2. The lowest BCUT2D eigenvalue weighted by molar-refractivity contribution is -0.138. The highest BCUT2D eigenvalue weighted by Crippen LogP contribution is 2.16. The number of aromatic nitrogens is 2. The largest absolute Gasteiger partial charge is 0.480 e. The van der Waals surface area contributed by atoms with Crippen molar-refractivity contribution in [3.05, 3.63) is 23.5 Å². The van der Waals surface area contributed by atoms with Crippen LogP contribution in [0.5, 0.6) is 0 Å². The second-order valence-electron chi connectivity index (χ2n) is 2.55. The van der Waals surface area contributed by atoms with E-state index < -0.39 is 12.0 Å². The number of thiazole rings is 1. The van der Waals surface area contributed by atoms with E-state index in [9.17, 15) is 4.79 Å². The van der Waals surface area contributed by atoms with E-state index in [1.54, 1.807) is 10.6 Å². The molecular weight excluding hydrogens is 190 g/mol. The number of carboxylic acids is 1. The normalized spacial score (nSPS) is 13.3. The highest BCUT2D eigenvalue weighted by molar-refractivity contribution is 7.15. The lowest BCUT2D eigenvalue weighted by Crippen LogP contribution is -2.21. The van der Waals surface area contributed by atoms with E-state index in [2.05, 4.69) is 4.98 Å². The summed E-state index contributed by atoms with van der Waals surface area (Å²) in [4.78, 5) is 15.4. The smallest absolute Gasteiger partial charge is 0.326 e. The molecule has 68 valence electrons. The average Bonchev–Trinajstić information content (AvgIpc) is 2.61. The van der Waals surface area contributed by atoms with Crippen molar-refractivity contribution in [2.45, 2.75) is 6.04 Å². The second kappa shape index (κ2) is 2.82. The summed E-state index contributed by atoms with van der Waals surface area (Å²) in [7, 11) is 0. The Kier molecular flexibility index (Phi) is 1.78. The summed E-state index contributed by atoms with van der Waals surface area (Å²) >= 11 is 1.44. The SMILES string of the molecule is NC(C(=O)O)c1cnc2sccn12. The molecule has 5 nitrogen and oxygen atoms in total. The first kappa shape index (κ1) is 8.21. The number of fused-ring (bicyclic) bond motifs is 1. The van der Waals surface area contributed by atoms with Crippen molar-refractivity contribution >= 4 is 22.3 Å². The molecule has 2 rings (SSSR count). The van der Waals surface area contributed by atoms with Crippen LogP contribution < -0.4 is 5.73 Å². The molecule has 1 atom stereocenters. The van der Waals surface area contributed by atoms with Crippen LogP contribution in [0.4, 0.5) is 0 Å². The number of hydrogen-bond donors (Lipinski definition) is 2. The van der Waals surface area contributed by atoms with Gasteiger partial charge in [-0.2, -0.15) is 0 Å². The zero-order valence-corrected chi connectivity index (χ0v) is 7.36. The van der Waals surface area contributed by atoms with Gasteiger partial charge < -0.3 is 10.8 Å². The van der Waals surface area contributed by atoms with E-state index in [0.29, 0.717) is 5.69 Å². The third-order valence-corrected chi connectivity index (χ3v) is 2.53. The molecule has 13 heavy (non-hydrogen) atoms. The molecule has 2 heterocycles. The number of nitrogens with zero attached hydrogens (tertiary/aromatic N) is 2. The highest BCUT2D eigenvalue weighted by atomic mass is 32.1. The minimum atomic E-state index is -1.05. The monoisotopic (exact) mass is 197 g/mol. The molecule has 0 fully saturated rings. The topological polar surface area (TPSA) is 80.6 Å². The van der Waals surface area contributed by atoms with Crippen molar-refractivity contribution in [1.29, 1.82) is 0 Å². The maximum absolute atomic E-state index is 10.6. The fraction of sp³-hybridized carbons (Fsp3) is 0.143. The van der Waals surface area contributed by atoms with Gasteiger partial charge in [0.05, 0.1) is 11.9 Å². The van der Waals surface area contributed by atoms with E-state index >= 15 is 0 Å². The first-order chi connectivity index (χ1) is 6.20. The van der Waals surface area contributed by atoms with Crippen molar-refractivity contribution in [3.8, 4) is 0 Å². The van der Waals surface area contributed by atoms with Crippen molar-refractivity contribution in [2.75, 3.05) is 0 Å². The maximum atomic E-state index is 10.6. The minimum absolute atomic E-state index is 0.503. The molecule has 0 aliphatic carbocycles. The Hall–Kier alpha value is -1.40. The third kappa shape index (κ3) is 1.20. The van der Waals surface area contributed by atoms with E-state index in [1.165, 1.54) is 17.5 Å². The van der Waals surface area contributed by atoms with E-state index in [-0.39, 0.29) is 0 Å². The summed E-state index contributed by atoms with van der Waals surface area (Å²) in [5.74, 6) is -1.05. The quantitative estimate of drug-likeness (QED) is 0.733. The Morgan fingerprint density at radius 3 is 3.23 bits per heavy atom. The molecule has 0 aromatic carbocycles. The van der Waals surface area contributed by atoms with Gasteiger partial charge in [0, 0.05) is 11.6 Å². The first-order valence-corrected chi connectivity index (χ1v) is 4.47. The van der Waals surface area contributed by atoms with Crippen molar-refractivity contribution in [2.24, 2.45) is 5.73 Å². The van der Waals surface area contributed by atoms with Crippen LogP contribution >= 0.6 is 11.3 Å². The summed E-state index contributed by atoms with van der Waals surface area (Å²) in [5, 5.41) is 10.5. The number of nitrogens with two attached hydrogens (primary N) is 1. The van der Waals surface area contributed by atoms with Gasteiger partial charge >= 0.3 is 5.97 Å². The van der Waals surface area contributed by atoms with Gasteiger partial charge in [0.2, 0.25) is 0 Å². The van der Waals surface area contributed by atoms with Gasteiger partial charge in [-0.15, -0.1) is 11.3 Å². The Morgan fingerprint density at radius 2 is 2.54 bits per heavy atom. The van der Waals surface area contributed by atoms with E-state index in [1.807, 2.05) is 5.38 Å². The number of aliphatic carboxylic acids is 1. The van der Waals surface area contributed by atoms with Gasteiger partial charge in [-0.25, -0.2) is 4.98 Å². The van der Waals surface area contributed by atoms with E-state index in [4.69, 9.17) is 10.8 Å². The predicted molar refractivity (Wildman–Crippen MR) is 47.6 cm³/mol. The first-order valence-electron chi connectivity index (χ1n) is 3.59. The summed E-state index contributed by atoms with van der Waals surface area (Å²) in [6.07, 6.45) is 3.25. The molecule has 3 N–H and O–H groups in total. The van der Waals surface area contributed by atoms with Crippen LogP contribution in [0.3, 0.4) is 0 Å². The second-order valence-corrected chi connectivity index (χ2v) is 3.43. The van der Waals surface area contributed by atoms with Gasteiger partial charge in [-0.1, -0.05) is 0 Å².